The van der Waals surface area contributed by atoms with Crippen LogP contribution in [0.25, 0.3) is 0 Å². The second kappa shape index (κ2) is 19.8. The molecule has 0 heterocycles. The number of ketones is 1. The third kappa shape index (κ3) is 16.8. The van der Waals surface area contributed by atoms with Crippen LogP contribution in [0.4, 0.5) is 0 Å². The van der Waals surface area contributed by atoms with Gasteiger partial charge in [-0.1, -0.05) is 6.92 Å². The summed E-state index contributed by atoms with van der Waals surface area (Å²) in [5, 5.41) is 5.45. The standard InChI is InChI=1S/C20H40N6O5S/c1-2-5-18(28)24-9-11-31-13-12-30-10-4-7-17(27)16(6-3-8-25-20(22)23)26-19(29)15(21)14-32/h15-16,32H,2-14,21H2,1H3,(H,24,28)(H,26,29)(H4,22,23,25)/t15-,16-/m0/s1. The first-order chi connectivity index (χ1) is 15.3. The van der Waals surface area contributed by atoms with Gasteiger partial charge in [0.15, 0.2) is 11.7 Å². The van der Waals surface area contributed by atoms with Gasteiger partial charge in [-0.15, -0.1) is 0 Å². The van der Waals surface area contributed by atoms with E-state index < -0.39 is 18.0 Å². The number of carbonyl (C=O) groups excluding carboxylic acids is 3. The average Bonchev–Trinajstić information content (AvgIpc) is 2.76. The zero-order chi connectivity index (χ0) is 24.2. The zero-order valence-corrected chi connectivity index (χ0v) is 19.9. The van der Waals surface area contributed by atoms with E-state index >= 15 is 0 Å². The number of ether oxygens (including phenoxy) is 2. The summed E-state index contributed by atoms with van der Waals surface area (Å²) < 4.78 is 10.8. The van der Waals surface area contributed by atoms with Gasteiger partial charge in [0.2, 0.25) is 11.8 Å². The minimum atomic E-state index is -0.783. The van der Waals surface area contributed by atoms with Gasteiger partial charge in [-0.2, -0.15) is 12.6 Å². The molecule has 0 aromatic heterocycles. The normalized spacial score (nSPS) is 12.6. The Morgan fingerprint density at radius 3 is 2.34 bits per heavy atom. The average molecular weight is 477 g/mol. The van der Waals surface area contributed by atoms with Crippen LogP contribution >= 0.6 is 12.6 Å². The van der Waals surface area contributed by atoms with Crippen LogP contribution in [0.5, 0.6) is 0 Å². The van der Waals surface area contributed by atoms with Crippen molar-refractivity contribution < 1.29 is 23.9 Å². The highest BCUT2D eigenvalue weighted by atomic mass is 32.1. The Kier molecular flexibility index (Phi) is 18.6. The molecule has 0 aliphatic heterocycles. The van der Waals surface area contributed by atoms with Crippen molar-refractivity contribution in [2.24, 2.45) is 22.2 Å². The molecule has 186 valence electrons. The molecule has 0 fully saturated rings. The first-order valence-corrected chi connectivity index (χ1v) is 11.6. The fourth-order valence-corrected chi connectivity index (χ4v) is 2.77. The minimum absolute atomic E-state index is 0.0172. The second-order valence-corrected chi connectivity index (χ2v) is 7.56. The summed E-state index contributed by atoms with van der Waals surface area (Å²) in [5.41, 5.74) is 16.3. The molecule has 2 atom stereocenters. The van der Waals surface area contributed by atoms with Gasteiger partial charge in [-0.3, -0.25) is 19.4 Å². The third-order valence-electron chi connectivity index (χ3n) is 4.31. The largest absolute Gasteiger partial charge is 0.379 e. The van der Waals surface area contributed by atoms with E-state index in [9.17, 15) is 14.4 Å². The van der Waals surface area contributed by atoms with Crippen molar-refractivity contribution in [3.8, 4) is 0 Å². The number of guanidine groups is 1. The topological polar surface area (TPSA) is 184 Å². The number of aliphatic imine (C=N–C) groups is 1. The first-order valence-electron chi connectivity index (χ1n) is 11.0. The maximum absolute atomic E-state index is 12.6. The van der Waals surface area contributed by atoms with Crippen molar-refractivity contribution in [3.63, 3.8) is 0 Å². The molecule has 0 spiro atoms. The van der Waals surface area contributed by atoms with E-state index in [1.54, 1.807) is 0 Å². The molecule has 11 nitrogen and oxygen atoms in total. The lowest BCUT2D eigenvalue weighted by Crippen LogP contribution is -2.49. The summed E-state index contributed by atoms with van der Waals surface area (Å²) in [7, 11) is 0. The van der Waals surface area contributed by atoms with Crippen molar-refractivity contribution >= 4 is 36.2 Å². The number of thiol groups is 1. The fraction of sp³-hybridized carbons (Fsp3) is 0.800. The van der Waals surface area contributed by atoms with Gasteiger partial charge in [-0.05, 0) is 25.7 Å². The predicted molar refractivity (Wildman–Crippen MR) is 127 cm³/mol. The van der Waals surface area contributed by atoms with E-state index in [4.69, 9.17) is 26.7 Å². The molecule has 0 aliphatic carbocycles. The van der Waals surface area contributed by atoms with Gasteiger partial charge in [0.1, 0.15) is 0 Å². The van der Waals surface area contributed by atoms with E-state index in [0.717, 1.165) is 6.42 Å². The Balaban J connectivity index is 4.09. The van der Waals surface area contributed by atoms with Gasteiger partial charge in [0, 0.05) is 38.3 Å². The molecule has 0 aromatic rings. The van der Waals surface area contributed by atoms with Gasteiger partial charge in [0.05, 0.1) is 31.9 Å². The Hall–Kier alpha value is -1.89. The summed E-state index contributed by atoms with van der Waals surface area (Å²) in [6.45, 7) is 4.41. The van der Waals surface area contributed by atoms with Crippen LogP contribution in [0.15, 0.2) is 4.99 Å². The van der Waals surface area contributed by atoms with Crippen LogP contribution < -0.4 is 27.8 Å². The molecule has 0 aliphatic rings. The molecular weight excluding hydrogens is 436 g/mol. The molecule has 0 aromatic carbocycles. The highest BCUT2D eigenvalue weighted by molar-refractivity contribution is 7.80. The molecule has 8 N–H and O–H groups in total. The Morgan fingerprint density at radius 1 is 1.03 bits per heavy atom. The quantitative estimate of drug-likeness (QED) is 0.0564. The fourth-order valence-electron chi connectivity index (χ4n) is 2.60. The lowest BCUT2D eigenvalue weighted by atomic mass is 10.0. The van der Waals surface area contributed by atoms with E-state index in [0.29, 0.717) is 65.2 Å². The Morgan fingerprint density at radius 2 is 1.72 bits per heavy atom. The zero-order valence-electron chi connectivity index (χ0n) is 19.0. The van der Waals surface area contributed by atoms with Gasteiger partial charge in [0.25, 0.3) is 0 Å². The predicted octanol–water partition coefficient (Wildman–Crippen LogP) is -0.919. The van der Waals surface area contributed by atoms with Crippen molar-refractivity contribution in [1.82, 2.24) is 10.6 Å². The molecule has 12 heteroatoms. The number of hydrogen-bond acceptors (Lipinski definition) is 8. The van der Waals surface area contributed by atoms with Crippen molar-refractivity contribution in [2.45, 2.75) is 57.5 Å². The molecule has 0 radical (unpaired) electrons. The van der Waals surface area contributed by atoms with E-state index in [-0.39, 0.29) is 29.8 Å². The molecule has 2 amide bonds. The van der Waals surface area contributed by atoms with E-state index in [2.05, 4.69) is 28.3 Å². The van der Waals surface area contributed by atoms with Crippen molar-refractivity contribution in [3.05, 3.63) is 0 Å². The summed E-state index contributed by atoms with van der Waals surface area (Å²) in [5.74, 6) is -0.329. The number of nitrogens with one attached hydrogen (secondary N) is 2. The number of nitrogens with two attached hydrogens (primary N) is 3. The minimum Gasteiger partial charge on any atom is -0.379 e. The van der Waals surface area contributed by atoms with E-state index in [1.807, 2.05) is 6.92 Å². The van der Waals surface area contributed by atoms with Crippen LogP contribution in [0.3, 0.4) is 0 Å². The van der Waals surface area contributed by atoms with Crippen molar-refractivity contribution in [2.75, 3.05) is 45.3 Å². The molecule has 0 bridgehead atoms. The van der Waals surface area contributed by atoms with Crippen LogP contribution in [0, 0.1) is 0 Å². The number of carbonyl (C=O) groups is 3. The molecule has 0 unspecified atom stereocenters. The van der Waals surface area contributed by atoms with Crippen LogP contribution in [-0.2, 0) is 23.9 Å². The first kappa shape index (κ1) is 30.1. The van der Waals surface area contributed by atoms with Crippen LogP contribution in [0.1, 0.15) is 45.4 Å². The lowest BCUT2D eigenvalue weighted by molar-refractivity contribution is -0.128. The summed E-state index contributed by atoms with van der Waals surface area (Å²) >= 11 is 4.01. The Labute approximate surface area is 196 Å². The summed E-state index contributed by atoms with van der Waals surface area (Å²) in [4.78, 5) is 39.8. The number of hydrogen-bond donors (Lipinski definition) is 6. The van der Waals surface area contributed by atoms with Gasteiger partial charge < -0.3 is 37.3 Å². The van der Waals surface area contributed by atoms with Crippen LogP contribution in [-0.4, -0.2) is 80.9 Å². The third-order valence-corrected chi connectivity index (χ3v) is 4.71. The smallest absolute Gasteiger partial charge is 0.238 e. The Bertz CT molecular complexity index is 575. The number of nitrogens with zero attached hydrogens (tertiary/aromatic N) is 1. The van der Waals surface area contributed by atoms with E-state index in [1.165, 1.54) is 0 Å². The molecule has 0 rings (SSSR count). The highest BCUT2D eigenvalue weighted by Gasteiger charge is 2.22. The lowest BCUT2D eigenvalue weighted by Gasteiger charge is -2.19. The summed E-state index contributed by atoms with van der Waals surface area (Å²) in [6, 6.07) is -1.44. The van der Waals surface area contributed by atoms with Crippen LogP contribution in [0.2, 0.25) is 0 Å². The number of Topliss-reactive ketones (excluding diaryl/α,β-unsaturated/α-hetero) is 1. The highest BCUT2D eigenvalue weighted by Crippen LogP contribution is 2.05. The van der Waals surface area contributed by atoms with Gasteiger partial charge >= 0.3 is 0 Å². The monoisotopic (exact) mass is 476 g/mol. The summed E-state index contributed by atoms with van der Waals surface area (Å²) in [6.07, 6.45) is 3.06. The second-order valence-electron chi connectivity index (χ2n) is 7.19. The number of rotatable bonds is 20. The molecule has 0 saturated carbocycles. The maximum Gasteiger partial charge on any atom is 0.238 e. The SMILES string of the molecule is CCCC(=O)NCCOCCOCCCC(=O)[C@H](CCCN=C(N)N)NC(=O)[C@@H](N)CS. The molecule has 32 heavy (non-hydrogen) atoms. The molecular formula is C20H40N6O5S. The number of amides is 2. The van der Waals surface area contributed by atoms with Gasteiger partial charge in [-0.25, -0.2) is 0 Å². The maximum atomic E-state index is 12.6. The molecule has 0 saturated heterocycles. The van der Waals surface area contributed by atoms with Crippen molar-refractivity contribution in [1.29, 1.82) is 0 Å².